The van der Waals surface area contributed by atoms with Crippen LogP contribution < -0.4 is 5.32 Å². The van der Waals surface area contributed by atoms with E-state index in [1.165, 1.54) is 0 Å². The highest BCUT2D eigenvalue weighted by atomic mass is 35.5. The Bertz CT molecular complexity index is 661. The van der Waals surface area contributed by atoms with Crippen LogP contribution in [0.2, 0.25) is 5.15 Å². The van der Waals surface area contributed by atoms with Crippen molar-refractivity contribution in [2.75, 3.05) is 5.32 Å². The van der Waals surface area contributed by atoms with Gasteiger partial charge in [-0.25, -0.2) is 9.97 Å². The van der Waals surface area contributed by atoms with Crippen LogP contribution in [-0.2, 0) is 6.42 Å². The van der Waals surface area contributed by atoms with E-state index in [1.807, 2.05) is 13.0 Å². The van der Waals surface area contributed by atoms with Crippen LogP contribution in [0.4, 0.5) is 11.5 Å². The average molecular weight is 287 g/mol. The number of hydrogen-bond acceptors (Lipinski definition) is 4. The molecule has 0 fully saturated rings. The minimum absolute atomic E-state index is 0.417. The molecule has 0 saturated carbocycles. The minimum Gasteiger partial charge on any atom is -0.340 e. The Balaban J connectivity index is 2.32. The third kappa shape index (κ3) is 3.46. The molecule has 0 amide bonds. The number of hydrogen-bond donors (Lipinski definition) is 1. The van der Waals surface area contributed by atoms with Crippen LogP contribution in [0, 0.1) is 18.3 Å². The first-order valence-electron chi connectivity index (χ1n) is 6.43. The van der Waals surface area contributed by atoms with Crippen molar-refractivity contribution in [1.82, 2.24) is 9.97 Å². The fourth-order valence-corrected chi connectivity index (χ4v) is 2.03. The monoisotopic (exact) mass is 286 g/mol. The molecule has 1 heterocycles. The summed E-state index contributed by atoms with van der Waals surface area (Å²) in [5.74, 6) is 1.36. The van der Waals surface area contributed by atoms with Crippen LogP contribution in [0.25, 0.3) is 0 Å². The summed E-state index contributed by atoms with van der Waals surface area (Å²) in [6.45, 7) is 4.04. The number of aryl methyl sites for hydroxylation is 2. The smallest absolute Gasteiger partial charge is 0.135 e. The lowest BCUT2D eigenvalue weighted by Gasteiger charge is -2.10. The molecular weight excluding hydrogens is 272 g/mol. The normalized spacial score (nSPS) is 10.1. The van der Waals surface area contributed by atoms with Gasteiger partial charge in [0.25, 0.3) is 0 Å². The first kappa shape index (κ1) is 14.3. The third-order valence-corrected chi connectivity index (χ3v) is 3.04. The van der Waals surface area contributed by atoms with Gasteiger partial charge in [-0.05, 0) is 31.0 Å². The van der Waals surface area contributed by atoms with E-state index < -0.39 is 0 Å². The lowest BCUT2D eigenvalue weighted by molar-refractivity contribution is 0.837. The highest BCUT2D eigenvalue weighted by Crippen LogP contribution is 2.22. The van der Waals surface area contributed by atoms with E-state index in [4.69, 9.17) is 16.9 Å². The second-order valence-corrected chi connectivity index (χ2v) is 4.90. The second-order valence-electron chi connectivity index (χ2n) is 4.51. The molecule has 102 valence electrons. The molecule has 1 N–H and O–H groups in total. The van der Waals surface area contributed by atoms with Crippen molar-refractivity contribution in [2.45, 2.75) is 26.7 Å². The predicted octanol–water partition coefficient (Wildman–Crippen LogP) is 4.01. The highest BCUT2D eigenvalue weighted by molar-refractivity contribution is 6.29. The van der Waals surface area contributed by atoms with Gasteiger partial charge in [-0.1, -0.05) is 24.6 Å². The molecule has 0 spiro atoms. The van der Waals surface area contributed by atoms with Gasteiger partial charge in [-0.2, -0.15) is 5.26 Å². The molecule has 0 atom stereocenters. The van der Waals surface area contributed by atoms with E-state index in [9.17, 15) is 0 Å². The Kier molecular flexibility index (Phi) is 4.54. The number of aromatic nitrogens is 2. The Morgan fingerprint density at radius 1 is 1.30 bits per heavy atom. The number of nitrogens with zero attached hydrogens (tertiary/aromatic N) is 3. The van der Waals surface area contributed by atoms with E-state index in [0.29, 0.717) is 16.5 Å². The van der Waals surface area contributed by atoms with Crippen molar-refractivity contribution in [3.05, 3.63) is 46.4 Å². The van der Waals surface area contributed by atoms with Crippen molar-refractivity contribution in [3.63, 3.8) is 0 Å². The Morgan fingerprint density at radius 2 is 2.10 bits per heavy atom. The Hall–Kier alpha value is -2.12. The number of anilines is 2. The minimum atomic E-state index is 0.417. The van der Waals surface area contributed by atoms with Gasteiger partial charge in [-0.15, -0.1) is 0 Å². The van der Waals surface area contributed by atoms with Crippen molar-refractivity contribution >= 4 is 23.1 Å². The lowest BCUT2D eigenvalue weighted by Crippen LogP contribution is -2.01. The van der Waals surface area contributed by atoms with E-state index in [2.05, 4.69) is 28.3 Å². The molecule has 2 aromatic rings. The third-order valence-electron chi connectivity index (χ3n) is 2.84. The first-order valence-corrected chi connectivity index (χ1v) is 6.81. The van der Waals surface area contributed by atoms with Gasteiger partial charge < -0.3 is 5.32 Å². The van der Waals surface area contributed by atoms with Crippen LogP contribution in [0.3, 0.4) is 0 Å². The summed E-state index contributed by atoms with van der Waals surface area (Å²) >= 11 is 6.01. The maximum Gasteiger partial charge on any atom is 0.135 e. The van der Waals surface area contributed by atoms with Gasteiger partial charge in [0.1, 0.15) is 16.8 Å². The molecule has 20 heavy (non-hydrogen) atoms. The highest BCUT2D eigenvalue weighted by Gasteiger charge is 2.06. The van der Waals surface area contributed by atoms with E-state index in [0.717, 1.165) is 29.9 Å². The molecule has 1 aromatic heterocycles. The number of rotatable bonds is 4. The van der Waals surface area contributed by atoms with Crippen molar-refractivity contribution in [1.29, 1.82) is 5.26 Å². The standard InChI is InChI=1S/C15H15ClN4/c1-3-4-14-19-13(16)8-15(20-14)18-12-7-11(9-17)6-5-10(12)2/h5-8H,3-4H2,1-2H3,(H,18,19,20). The molecule has 5 heteroatoms. The van der Waals surface area contributed by atoms with Crippen LogP contribution >= 0.6 is 11.6 Å². The van der Waals surface area contributed by atoms with Gasteiger partial charge in [0.2, 0.25) is 0 Å². The molecule has 0 unspecified atom stereocenters. The Morgan fingerprint density at radius 3 is 2.80 bits per heavy atom. The summed E-state index contributed by atoms with van der Waals surface area (Å²) in [7, 11) is 0. The number of halogens is 1. The summed E-state index contributed by atoms with van der Waals surface area (Å²) in [4.78, 5) is 8.61. The van der Waals surface area contributed by atoms with Gasteiger partial charge >= 0.3 is 0 Å². The summed E-state index contributed by atoms with van der Waals surface area (Å²) < 4.78 is 0. The van der Waals surface area contributed by atoms with Crippen LogP contribution in [0.5, 0.6) is 0 Å². The lowest BCUT2D eigenvalue weighted by atomic mass is 10.1. The maximum atomic E-state index is 8.95. The molecule has 0 bridgehead atoms. The SMILES string of the molecule is CCCc1nc(Cl)cc(Nc2cc(C#N)ccc2C)n1. The number of nitrogens with one attached hydrogen (secondary N) is 1. The number of nitriles is 1. The predicted molar refractivity (Wildman–Crippen MR) is 80.2 cm³/mol. The zero-order valence-electron chi connectivity index (χ0n) is 11.4. The van der Waals surface area contributed by atoms with Crippen molar-refractivity contribution < 1.29 is 0 Å². The fraction of sp³-hybridized carbons (Fsp3) is 0.267. The number of benzene rings is 1. The molecule has 0 aliphatic rings. The van der Waals surface area contributed by atoms with Crippen LogP contribution in [0.15, 0.2) is 24.3 Å². The molecule has 0 aliphatic heterocycles. The zero-order valence-corrected chi connectivity index (χ0v) is 12.2. The zero-order chi connectivity index (χ0) is 14.5. The fourth-order valence-electron chi connectivity index (χ4n) is 1.83. The topological polar surface area (TPSA) is 61.6 Å². The van der Waals surface area contributed by atoms with Crippen molar-refractivity contribution in [3.8, 4) is 6.07 Å². The van der Waals surface area contributed by atoms with Gasteiger partial charge in [0, 0.05) is 18.2 Å². The molecule has 4 nitrogen and oxygen atoms in total. The molecular formula is C15H15ClN4. The quantitative estimate of drug-likeness (QED) is 0.863. The van der Waals surface area contributed by atoms with Crippen molar-refractivity contribution in [2.24, 2.45) is 0 Å². The van der Waals surface area contributed by atoms with E-state index >= 15 is 0 Å². The van der Waals surface area contributed by atoms with Gasteiger partial charge in [0.15, 0.2) is 0 Å². The molecule has 0 radical (unpaired) electrons. The average Bonchev–Trinajstić information content (AvgIpc) is 2.41. The first-order chi connectivity index (χ1) is 9.62. The molecule has 1 aromatic carbocycles. The van der Waals surface area contributed by atoms with Crippen LogP contribution in [-0.4, -0.2) is 9.97 Å². The van der Waals surface area contributed by atoms with E-state index in [-0.39, 0.29) is 0 Å². The molecule has 2 rings (SSSR count). The molecule has 0 saturated heterocycles. The van der Waals surface area contributed by atoms with Crippen LogP contribution in [0.1, 0.15) is 30.3 Å². The summed E-state index contributed by atoms with van der Waals surface area (Å²) in [5.41, 5.74) is 2.49. The van der Waals surface area contributed by atoms with Gasteiger partial charge in [0.05, 0.1) is 11.6 Å². The summed E-state index contributed by atoms with van der Waals surface area (Å²) in [6.07, 6.45) is 1.75. The summed E-state index contributed by atoms with van der Waals surface area (Å²) in [6, 6.07) is 9.29. The molecule has 0 aliphatic carbocycles. The maximum absolute atomic E-state index is 8.95. The largest absolute Gasteiger partial charge is 0.340 e. The summed E-state index contributed by atoms with van der Waals surface area (Å²) in [5, 5.41) is 12.6. The second kappa shape index (κ2) is 6.36. The van der Waals surface area contributed by atoms with E-state index in [1.54, 1.807) is 18.2 Å². The Labute approximate surface area is 123 Å². The van der Waals surface area contributed by atoms with Gasteiger partial charge in [-0.3, -0.25) is 0 Å².